The number of rotatable bonds is 6. The zero-order valence-corrected chi connectivity index (χ0v) is 16.6. The average Bonchev–Trinajstić information content (AvgIpc) is 3.15. The summed E-state index contributed by atoms with van der Waals surface area (Å²) in [5.74, 6) is 0.581. The van der Waals surface area contributed by atoms with E-state index in [1.54, 1.807) is 29.1 Å². The molecule has 1 aliphatic rings. The lowest BCUT2D eigenvalue weighted by molar-refractivity contribution is -0.179. The Morgan fingerprint density at radius 3 is 2.67 bits per heavy atom. The molecule has 1 aliphatic heterocycles. The summed E-state index contributed by atoms with van der Waals surface area (Å²) < 4.78 is 11.7. The van der Waals surface area contributed by atoms with Crippen LogP contribution in [-0.2, 0) is 11.3 Å². The summed E-state index contributed by atoms with van der Waals surface area (Å²) >= 11 is 0. The third-order valence-corrected chi connectivity index (χ3v) is 5.18. The first-order valence-corrected chi connectivity index (χ1v) is 9.88. The Labute approximate surface area is 174 Å². The molecule has 1 fully saturated rings. The van der Waals surface area contributed by atoms with Gasteiger partial charge < -0.3 is 24.8 Å². The highest BCUT2D eigenvalue weighted by molar-refractivity contribution is 5.32. The maximum atomic E-state index is 10.3. The number of benzene rings is 2. The van der Waals surface area contributed by atoms with E-state index in [0.717, 1.165) is 11.4 Å². The van der Waals surface area contributed by atoms with Crippen molar-refractivity contribution in [1.82, 2.24) is 15.0 Å². The fourth-order valence-corrected chi connectivity index (χ4v) is 3.50. The molecule has 1 unspecified atom stereocenters. The van der Waals surface area contributed by atoms with Crippen LogP contribution in [-0.4, -0.2) is 55.2 Å². The molecule has 0 aliphatic carbocycles. The second-order valence-corrected chi connectivity index (χ2v) is 7.37. The molecule has 3 N–H and O–H groups in total. The predicted molar refractivity (Wildman–Crippen MR) is 108 cm³/mol. The van der Waals surface area contributed by atoms with Crippen molar-refractivity contribution in [2.24, 2.45) is 0 Å². The number of aromatic nitrogens is 3. The van der Waals surface area contributed by atoms with Gasteiger partial charge >= 0.3 is 0 Å². The Bertz CT molecular complexity index is 978. The molecule has 3 aromatic rings. The van der Waals surface area contributed by atoms with Crippen LogP contribution in [0.1, 0.15) is 29.5 Å². The predicted octanol–water partition coefficient (Wildman–Crippen LogP) is 1.70. The normalized spacial score (nSPS) is 24.0. The van der Waals surface area contributed by atoms with E-state index in [0.29, 0.717) is 17.0 Å². The van der Waals surface area contributed by atoms with E-state index in [9.17, 15) is 15.3 Å². The van der Waals surface area contributed by atoms with Crippen molar-refractivity contribution in [3.05, 3.63) is 71.5 Å². The third-order valence-electron chi connectivity index (χ3n) is 5.18. The first kappa shape index (κ1) is 20.5. The summed E-state index contributed by atoms with van der Waals surface area (Å²) in [5, 5.41) is 38.7. The van der Waals surface area contributed by atoms with E-state index in [1.165, 1.54) is 0 Å². The van der Waals surface area contributed by atoms with E-state index >= 15 is 0 Å². The fraction of sp³-hybridized carbons (Fsp3) is 0.364. The van der Waals surface area contributed by atoms with Crippen LogP contribution in [0, 0.1) is 6.92 Å². The number of aliphatic hydroxyl groups excluding tert-OH is 3. The van der Waals surface area contributed by atoms with Gasteiger partial charge in [0.25, 0.3) is 0 Å². The van der Waals surface area contributed by atoms with Crippen molar-refractivity contribution in [1.29, 1.82) is 0 Å². The lowest BCUT2D eigenvalue weighted by atomic mass is 9.93. The van der Waals surface area contributed by atoms with Gasteiger partial charge in [-0.15, -0.1) is 5.10 Å². The summed E-state index contributed by atoms with van der Waals surface area (Å²) in [5.41, 5.74) is 3.03. The summed E-state index contributed by atoms with van der Waals surface area (Å²) in [6.45, 7) is 1.90. The Balaban J connectivity index is 1.47. The molecule has 30 heavy (non-hydrogen) atoms. The molecule has 0 amide bonds. The molecular formula is C22H25N3O5. The minimum absolute atomic E-state index is 0.195. The van der Waals surface area contributed by atoms with Gasteiger partial charge in [0.15, 0.2) is 0 Å². The number of ether oxygens (including phenoxy) is 2. The van der Waals surface area contributed by atoms with Crippen molar-refractivity contribution < 1.29 is 24.8 Å². The molecule has 1 saturated heterocycles. The van der Waals surface area contributed by atoms with E-state index in [1.807, 2.05) is 37.3 Å². The average molecular weight is 411 g/mol. The molecule has 8 heteroatoms. The number of hydrogen-bond donors (Lipinski definition) is 3. The smallest absolute Gasteiger partial charge is 0.134 e. The molecule has 8 nitrogen and oxygen atoms in total. The molecule has 2 aromatic carbocycles. The van der Waals surface area contributed by atoms with Gasteiger partial charge in [-0.05, 0) is 36.8 Å². The number of nitrogens with zero attached hydrogens (tertiary/aromatic N) is 3. The first-order chi connectivity index (χ1) is 14.5. The Morgan fingerprint density at radius 1 is 1.10 bits per heavy atom. The maximum Gasteiger partial charge on any atom is 0.134 e. The lowest BCUT2D eigenvalue weighted by Crippen LogP contribution is -2.44. The van der Waals surface area contributed by atoms with Gasteiger partial charge in [0.2, 0.25) is 0 Å². The maximum absolute atomic E-state index is 10.3. The summed E-state index contributed by atoms with van der Waals surface area (Å²) in [7, 11) is 0. The van der Waals surface area contributed by atoms with Gasteiger partial charge in [0.05, 0.1) is 30.2 Å². The van der Waals surface area contributed by atoms with Gasteiger partial charge in [-0.25, -0.2) is 0 Å². The molecular weight excluding hydrogens is 386 g/mol. The molecule has 0 bridgehead atoms. The Kier molecular flexibility index (Phi) is 6.10. The van der Waals surface area contributed by atoms with Crippen LogP contribution in [0.5, 0.6) is 5.75 Å². The van der Waals surface area contributed by atoms with Crippen molar-refractivity contribution in [2.75, 3.05) is 6.61 Å². The van der Waals surface area contributed by atoms with Crippen LogP contribution in [0.3, 0.4) is 0 Å². The second kappa shape index (κ2) is 8.93. The van der Waals surface area contributed by atoms with Crippen LogP contribution in [0.2, 0.25) is 0 Å². The minimum atomic E-state index is -1.07. The zero-order chi connectivity index (χ0) is 21.1. The molecule has 1 aromatic heterocycles. The molecule has 4 rings (SSSR count). The molecule has 158 valence electrons. The summed E-state index contributed by atoms with van der Waals surface area (Å²) in [4.78, 5) is 1.58. The van der Waals surface area contributed by atoms with Gasteiger partial charge in [0, 0.05) is 6.42 Å². The summed E-state index contributed by atoms with van der Waals surface area (Å²) in [6.07, 6.45) is -3.10. The highest BCUT2D eigenvalue weighted by Gasteiger charge is 2.37. The van der Waals surface area contributed by atoms with Gasteiger partial charge in [0.1, 0.15) is 30.3 Å². The Hall–Kier alpha value is -2.78. The second-order valence-electron chi connectivity index (χ2n) is 7.37. The van der Waals surface area contributed by atoms with E-state index in [2.05, 4.69) is 10.2 Å². The largest absolute Gasteiger partial charge is 0.487 e. The van der Waals surface area contributed by atoms with Crippen LogP contribution in [0.25, 0.3) is 5.69 Å². The van der Waals surface area contributed by atoms with Crippen LogP contribution in [0.4, 0.5) is 0 Å². The molecule has 0 radical (unpaired) electrons. The molecule has 0 spiro atoms. The van der Waals surface area contributed by atoms with Gasteiger partial charge in [-0.3, -0.25) is 0 Å². The number of aryl methyl sites for hydroxylation is 1. The van der Waals surface area contributed by atoms with Crippen LogP contribution >= 0.6 is 0 Å². The van der Waals surface area contributed by atoms with Crippen molar-refractivity contribution >= 4 is 0 Å². The van der Waals surface area contributed by atoms with Gasteiger partial charge in [-0.1, -0.05) is 30.3 Å². The van der Waals surface area contributed by atoms with E-state index < -0.39 is 24.4 Å². The fourth-order valence-electron chi connectivity index (χ4n) is 3.50. The monoisotopic (exact) mass is 411 g/mol. The van der Waals surface area contributed by atoms with Crippen LogP contribution in [0.15, 0.2) is 54.6 Å². The van der Waals surface area contributed by atoms with Crippen molar-refractivity contribution in [2.45, 2.75) is 44.4 Å². The van der Waals surface area contributed by atoms with E-state index in [-0.39, 0.29) is 19.6 Å². The number of para-hydroxylation sites is 1. The molecule has 0 saturated carbocycles. The zero-order valence-electron chi connectivity index (χ0n) is 16.6. The molecule has 4 atom stereocenters. The quantitative estimate of drug-likeness (QED) is 0.566. The number of aliphatic hydroxyl groups is 3. The van der Waals surface area contributed by atoms with Crippen molar-refractivity contribution in [3.63, 3.8) is 0 Å². The van der Waals surface area contributed by atoms with Crippen LogP contribution < -0.4 is 4.74 Å². The van der Waals surface area contributed by atoms with Crippen molar-refractivity contribution in [3.8, 4) is 11.4 Å². The SMILES string of the molecule is Cc1nn(-c2ccccc2)nc1COc1cccc(C2O[C@H](CO)C[C@H](O)[C@@H]2O)c1. The minimum Gasteiger partial charge on any atom is -0.487 e. The third kappa shape index (κ3) is 4.36. The topological polar surface area (TPSA) is 110 Å². The highest BCUT2D eigenvalue weighted by atomic mass is 16.5. The van der Waals surface area contributed by atoms with Gasteiger partial charge in [-0.2, -0.15) is 9.90 Å². The lowest BCUT2D eigenvalue weighted by Gasteiger charge is -2.36. The standard InChI is InChI=1S/C22H25N3O5/c1-14-19(24-25(23-14)16-7-3-2-4-8-16)13-29-17-9-5-6-15(10-17)22-21(28)20(27)11-18(12-26)30-22/h2-10,18,20-22,26-28H,11-13H2,1H3/t18-,20-,21-,22?/m0/s1. The Morgan fingerprint density at radius 2 is 1.90 bits per heavy atom. The molecule has 2 heterocycles. The van der Waals surface area contributed by atoms with E-state index in [4.69, 9.17) is 9.47 Å². The first-order valence-electron chi connectivity index (χ1n) is 9.88. The highest BCUT2D eigenvalue weighted by Crippen LogP contribution is 2.33. The number of hydrogen-bond acceptors (Lipinski definition) is 7. The summed E-state index contributed by atoms with van der Waals surface area (Å²) in [6, 6.07) is 16.8.